The number of fused-ring (bicyclic) bond motifs is 1. The number of hydrazone groups is 1. The Morgan fingerprint density at radius 3 is 2.68 bits per heavy atom. The molecular formula is C18H20N4O2S. The zero-order chi connectivity index (χ0) is 18.0. The lowest BCUT2D eigenvalue weighted by molar-refractivity contribution is 0.394. The predicted octanol–water partition coefficient (Wildman–Crippen LogP) is 4.16. The van der Waals surface area contributed by atoms with Gasteiger partial charge in [-0.15, -0.1) is 11.3 Å². The first-order valence-electron chi connectivity index (χ1n) is 7.78. The van der Waals surface area contributed by atoms with Crippen molar-refractivity contribution in [1.82, 2.24) is 9.97 Å². The van der Waals surface area contributed by atoms with E-state index in [0.29, 0.717) is 11.6 Å². The maximum absolute atomic E-state index is 5.44. The fourth-order valence-electron chi connectivity index (χ4n) is 2.56. The molecule has 2 aromatic heterocycles. The minimum atomic E-state index is 0.706. The van der Waals surface area contributed by atoms with Gasteiger partial charge in [0.1, 0.15) is 22.7 Å². The van der Waals surface area contributed by atoms with Crippen LogP contribution in [0.3, 0.4) is 0 Å². The molecule has 0 saturated carbocycles. The number of nitrogens with zero attached hydrogens (tertiary/aromatic N) is 3. The maximum atomic E-state index is 5.44. The van der Waals surface area contributed by atoms with Gasteiger partial charge in [0, 0.05) is 16.5 Å². The smallest absolute Gasteiger partial charge is 0.158 e. The molecule has 1 aromatic carbocycles. The van der Waals surface area contributed by atoms with Gasteiger partial charge in [-0.1, -0.05) is 0 Å². The number of benzene rings is 1. The van der Waals surface area contributed by atoms with Crippen molar-refractivity contribution in [2.24, 2.45) is 5.10 Å². The van der Waals surface area contributed by atoms with E-state index < -0.39 is 0 Å². The van der Waals surface area contributed by atoms with Crippen LogP contribution in [0, 0.1) is 13.8 Å². The van der Waals surface area contributed by atoms with E-state index in [2.05, 4.69) is 34.3 Å². The summed E-state index contributed by atoms with van der Waals surface area (Å²) in [6.45, 7) is 6.08. The van der Waals surface area contributed by atoms with Crippen molar-refractivity contribution in [2.45, 2.75) is 20.8 Å². The van der Waals surface area contributed by atoms with Crippen LogP contribution < -0.4 is 14.9 Å². The third kappa shape index (κ3) is 3.28. The lowest BCUT2D eigenvalue weighted by atomic mass is 10.1. The van der Waals surface area contributed by atoms with Gasteiger partial charge >= 0.3 is 0 Å². The molecule has 7 heteroatoms. The molecule has 2 heterocycles. The normalized spacial score (nSPS) is 11.6. The van der Waals surface area contributed by atoms with Crippen molar-refractivity contribution >= 4 is 33.1 Å². The van der Waals surface area contributed by atoms with Gasteiger partial charge in [0.15, 0.2) is 5.82 Å². The van der Waals surface area contributed by atoms with Crippen molar-refractivity contribution in [1.29, 1.82) is 0 Å². The predicted molar refractivity (Wildman–Crippen MR) is 102 cm³/mol. The first-order chi connectivity index (χ1) is 12.0. The van der Waals surface area contributed by atoms with E-state index in [1.807, 2.05) is 25.1 Å². The second-order valence-corrected chi connectivity index (χ2v) is 6.76. The number of hydrogen-bond acceptors (Lipinski definition) is 7. The molecule has 1 N–H and O–H groups in total. The van der Waals surface area contributed by atoms with Crippen LogP contribution in [0.15, 0.2) is 29.6 Å². The van der Waals surface area contributed by atoms with E-state index >= 15 is 0 Å². The lowest BCUT2D eigenvalue weighted by Crippen LogP contribution is -2.04. The number of rotatable bonds is 5. The van der Waals surface area contributed by atoms with Gasteiger partial charge in [-0.3, -0.25) is 5.43 Å². The summed E-state index contributed by atoms with van der Waals surface area (Å²) >= 11 is 1.66. The molecule has 0 unspecified atom stereocenters. The number of methoxy groups -OCH3 is 2. The summed E-state index contributed by atoms with van der Waals surface area (Å²) in [5.41, 5.74) is 5.93. The van der Waals surface area contributed by atoms with Crippen molar-refractivity contribution in [2.75, 3.05) is 19.6 Å². The van der Waals surface area contributed by atoms with Gasteiger partial charge in [-0.2, -0.15) is 5.10 Å². The van der Waals surface area contributed by atoms with Crippen LogP contribution in [0.4, 0.5) is 5.82 Å². The zero-order valence-electron chi connectivity index (χ0n) is 14.9. The minimum absolute atomic E-state index is 0.706. The fourth-order valence-corrected chi connectivity index (χ4v) is 3.56. The number of aromatic nitrogens is 2. The Labute approximate surface area is 150 Å². The van der Waals surface area contributed by atoms with Gasteiger partial charge in [-0.25, -0.2) is 9.97 Å². The summed E-state index contributed by atoms with van der Waals surface area (Å²) < 4.78 is 10.7. The van der Waals surface area contributed by atoms with Crippen LogP contribution in [-0.4, -0.2) is 29.9 Å². The number of hydrogen-bond donors (Lipinski definition) is 1. The topological polar surface area (TPSA) is 68.6 Å². The molecule has 0 atom stereocenters. The Morgan fingerprint density at radius 2 is 1.96 bits per heavy atom. The van der Waals surface area contributed by atoms with E-state index in [0.717, 1.165) is 27.2 Å². The fraction of sp³-hybridized carbons (Fsp3) is 0.278. The summed E-state index contributed by atoms with van der Waals surface area (Å²) in [6.07, 6.45) is 1.55. The standard InChI is InChI=1S/C18H20N4O2S/c1-10-12(3)25-18-16(10)17(19-9-20-18)22-21-11(2)14-7-6-13(23-4)8-15(14)24-5/h6-9H,1-5H3,(H,19,20,22)/b21-11-. The summed E-state index contributed by atoms with van der Waals surface area (Å²) in [4.78, 5) is 10.9. The molecule has 0 aliphatic carbocycles. The molecule has 0 aliphatic heterocycles. The van der Waals surface area contributed by atoms with Crippen LogP contribution >= 0.6 is 11.3 Å². The molecule has 0 bridgehead atoms. The van der Waals surface area contributed by atoms with Crippen molar-refractivity contribution in [3.63, 3.8) is 0 Å². The third-order valence-corrected chi connectivity index (χ3v) is 5.21. The average Bonchev–Trinajstić information content (AvgIpc) is 2.93. The van der Waals surface area contributed by atoms with E-state index in [1.54, 1.807) is 31.9 Å². The van der Waals surface area contributed by atoms with Crippen LogP contribution in [-0.2, 0) is 0 Å². The van der Waals surface area contributed by atoms with Crippen molar-refractivity contribution in [3.8, 4) is 11.5 Å². The van der Waals surface area contributed by atoms with E-state index in [9.17, 15) is 0 Å². The molecule has 3 rings (SSSR count). The molecule has 0 radical (unpaired) electrons. The Hall–Kier alpha value is -2.67. The highest BCUT2D eigenvalue weighted by molar-refractivity contribution is 7.18. The number of ether oxygens (including phenoxy) is 2. The maximum Gasteiger partial charge on any atom is 0.158 e. The van der Waals surface area contributed by atoms with E-state index in [-0.39, 0.29) is 0 Å². The first-order valence-corrected chi connectivity index (χ1v) is 8.60. The minimum Gasteiger partial charge on any atom is -0.497 e. The van der Waals surface area contributed by atoms with Gasteiger partial charge in [-0.05, 0) is 38.5 Å². The third-order valence-electron chi connectivity index (χ3n) is 4.09. The molecule has 25 heavy (non-hydrogen) atoms. The number of aryl methyl sites for hydroxylation is 2. The number of thiophene rings is 1. The molecule has 0 fully saturated rings. The largest absolute Gasteiger partial charge is 0.497 e. The highest BCUT2D eigenvalue weighted by Gasteiger charge is 2.12. The lowest BCUT2D eigenvalue weighted by Gasteiger charge is -2.10. The Morgan fingerprint density at radius 1 is 1.16 bits per heavy atom. The second-order valence-electron chi connectivity index (χ2n) is 5.56. The van der Waals surface area contributed by atoms with Gasteiger partial charge in [0.2, 0.25) is 0 Å². The first kappa shape index (κ1) is 17.2. The van der Waals surface area contributed by atoms with E-state index in [4.69, 9.17) is 9.47 Å². The molecule has 0 spiro atoms. The molecule has 0 amide bonds. The summed E-state index contributed by atoms with van der Waals surface area (Å²) in [6, 6.07) is 5.64. The zero-order valence-corrected chi connectivity index (χ0v) is 15.7. The molecule has 0 saturated heterocycles. The van der Waals surface area contributed by atoms with Gasteiger partial charge < -0.3 is 9.47 Å². The van der Waals surface area contributed by atoms with Crippen molar-refractivity contribution in [3.05, 3.63) is 40.5 Å². The quantitative estimate of drug-likeness (QED) is 0.549. The average molecular weight is 356 g/mol. The van der Waals surface area contributed by atoms with Crippen LogP contribution in [0.25, 0.3) is 10.2 Å². The summed E-state index contributed by atoms with van der Waals surface area (Å²) in [7, 11) is 3.26. The second kappa shape index (κ2) is 7.06. The molecule has 6 nitrogen and oxygen atoms in total. The van der Waals surface area contributed by atoms with Crippen LogP contribution in [0.1, 0.15) is 22.9 Å². The Balaban J connectivity index is 1.95. The highest BCUT2D eigenvalue weighted by Crippen LogP contribution is 2.32. The Kier molecular flexibility index (Phi) is 4.85. The molecular weight excluding hydrogens is 336 g/mol. The molecule has 3 aromatic rings. The van der Waals surface area contributed by atoms with Crippen LogP contribution in [0.2, 0.25) is 0 Å². The summed E-state index contributed by atoms with van der Waals surface area (Å²) in [5, 5.41) is 5.51. The van der Waals surface area contributed by atoms with Gasteiger partial charge in [0.05, 0.1) is 25.3 Å². The Bertz CT molecular complexity index is 950. The summed E-state index contributed by atoms with van der Waals surface area (Å²) in [5.74, 6) is 2.15. The monoisotopic (exact) mass is 356 g/mol. The SMILES string of the molecule is COc1ccc(/C(C)=N\Nc2ncnc3sc(C)c(C)c23)c(OC)c1. The van der Waals surface area contributed by atoms with Gasteiger partial charge in [0.25, 0.3) is 0 Å². The highest BCUT2D eigenvalue weighted by atomic mass is 32.1. The molecule has 0 aliphatic rings. The van der Waals surface area contributed by atoms with E-state index in [1.165, 1.54) is 10.4 Å². The number of nitrogens with one attached hydrogen (secondary N) is 1. The van der Waals surface area contributed by atoms with Crippen LogP contribution in [0.5, 0.6) is 11.5 Å². The molecule has 130 valence electrons. The number of anilines is 1. The van der Waals surface area contributed by atoms with Crippen molar-refractivity contribution < 1.29 is 9.47 Å².